The Hall–Kier alpha value is -2.92. The van der Waals surface area contributed by atoms with Gasteiger partial charge in [0, 0.05) is 12.1 Å². The number of hydrogen-bond donors (Lipinski definition) is 1. The third-order valence-electron chi connectivity index (χ3n) is 6.34. The molecule has 0 spiro atoms. The minimum absolute atomic E-state index is 0.112. The number of carbonyl (C=O) groups is 2. The molecule has 0 aliphatic carbocycles. The first kappa shape index (κ1) is 23.7. The zero-order chi connectivity index (χ0) is 23.3. The number of aliphatic hydroxyl groups excluding tert-OH is 1. The molecule has 32 heavy (non-hydrogen) atoms. The van der Waals surface area contributed by atoms with E-state index in [1.807, 2.05) is 43.3 Å². The molecule has 1 saturated heterocycles. The molecule has 3 rings (SSSR count). The fourth-order valence-electron chi connectivity index (χ4n) is 4.26. The number of aryl methyl sites for hydroxylation is 2. The highest BCUT2D eigenvalue weighted by Crippen LogP contribution is 2.39. The van der Waals surface area contributed by atoms with Crippen molar-refractivity contribution < 1.29 is 14.7 Å². The smallest absolute Gasteiger partial charge is 0.295 e. The lowest BCUT2D eigenvalue weighted by Crippen LogP contribution is -2.33. The third-order valence-corrected chi connectivity index (χ3v) is 6.34. The summed E-state index contributed by atoms with van der Waals surface area (Å²) < 4.78 is 0. The Bertz CT molecular complexity index is 973. The molecular weight excluding hydrogens is 400 g/mol. The molecule has 0 radical (unpaired) electrons. The summed E-state index contributed by atoms with van der Waals surface area (Å²) in [7, 11) is 0. The maximum absolute atomic E-state index is 13.1. The highest BCUT2D eigenvalue weighted by Gasteiger charge is 2.45. The minimum Gasteiger partial charge on any atom is -0.507 e. The summed E-state index contributed by atoms with van der Waals surface area (Å²) >= 11 is 0. The van der Waals surface area contributed by atoms with Crippen molar-refractivity contribution in [1.82, 2.24) is 9.80 Å². The molecule has 1 amide bonds. The molecule has 0 saturated carbocycles. The van der Waals surface area contributed by atoms with Crippen LogP contribution < -0.4 is 0 Å². The van der Waals surface area contributed by atoms with E-state index in [1.54, 1.807) is 17.0 Å². The standard InChI is InChI=1S/C27H34N2O3/c1-5-20-11-15-21(16-12-20)24-23(25(30)22-13-9-19(4)10-14-22)26(31)27(32)29(24)18-8-17-28(6-2)7-3/h9-16,24,30H,5-8,17-18H2,1-4H3/b25-23+. The Kier molecular flexibility index (Phi) is 7.86. The van der Waals surface area contributed by atoms with E-state index in [0.717, 1.165) is 43.6 Å². The maximum Gasteiger partial charge on any atom is 0.295 e. The van der Waals surface area contributed by atoms with Crippen LogP contribution in [0.15, 0.2) is 54.1 Å². The van der Waals surface area contributed by atoms with E-state index in [9.17, 15) is 14.7 Å². The molecule has 0 aromatic heterocycles. The normalized spacial score (nSPS) is 18.0. The van der Waals surface area contributed by atoms with Gasteiger partial charge >= 0.3 is 0 Å². The van der Waals surface area contributed by atoms with Crippen LogP contribution in [0, 0.1) is 6.92 Å². The molecule has 170 valence electrons. The quantitative estimate of drug-likeness (QED) is 0.353. The number of nitrogens with zero attached hydrogens (tertiary/aromatic N) is 2. The Balaban J connectivity index is 2.01. The molecule has 1 heterocycles. The summed E-state index contributed by atoms with van der Waals surface area (Å²) in [5.41, 5.74) is 3.81. The van der Waals surface area contributed by atoms with Crippen LogP contribution in [0.5, 0.6) is 0 Å². The fraction of sp³-hybridized carbons (Fsp3) is 0.407. The van der Waals surface area contributed by atoms with Gasteiger partial charge in [0.25, 0.3) is 11.7 Å². The van der Waals surface area contributed by atoms with E-state index in [1.165, 1.54) is 5.56 Å². The molecule has 1 unspecified atom stereocenters. The van der Waals surface area contributed by atoms with E-state index >= 15 is 0 Å². The first-order valence-electron chi connectivity index (χ1n) is 11.6. The fourth-order valence-corrected chi connectivity index (χ4v) is 4.26. The second-order valence-corrected chi connectivity index (χ2v) is 8.33. The number of likely N-dealkylation sites (tertiary alicyclic amines) is 1. The van der Waals surface area contributed by atoms with Crippen molar-refractivity contribution in [3.8, 4) is 0 Å². The number of rotatable bonds is 9. The molecule has 1 N–H and O–H groups in total. The third kappa shape index (κ3) is 4.94. The number of hydrogen-bond acceptors (Lipinski definition) is 4. The van der Waals surface area contributed by atoms with Gasteiger partial charge in [-0.15, -0.1) is 0 Å². The lowest BCUT2D eigenvalue weighted by Gasteiger charge is -2.27. The van der Waals surface area contributed by atoms with Gasteiger partial charge in [-0.1, -0.05) is 74.9 Å². The van der Waals surface area contributed by atoms with Crippen LogP contribution in [-0.2, 0) is 16.0 Å². The molecule has 5 heteroatoms. The highest BCUT2D eigenvalue weighted by atomic mass is 16.3. The van der Waals surface area contributed by atoms with Gasteiger partial charge in [0.05, 0.1) is 11.6 Å². The monoisotopic (exact) mass is 434 g/mol. The van der Waals surface area contributed by atoms with Gasteiger partial charge in [-0.3, -0.25) is 9.59 Å². The minimum atomic E-state index is -0.615. The Morgan fingerprint density at radius 1 is 0.969 bits per heavy atom. The van der Waals surface area contributed by atoms with E-state index in [0.29, 0.717) is 12.1 Å². The Labute approximate surface area is 191 Å². The average molecular weight is 435 g/mol. The first-order chi connectivity index (χ1) is 15.4. The number of carbonyl (C=O) groups excluding carboxylic acids is 2. The van der Waals surface area contributed by atoms with Gasteiger partial charge in [0.2, 0.25) is 0 Å². The summed E-state index contributed by atoms with van der Waals surface area (Å²) in [6, 6.07) is 14.8. The zero-order valence-corrected chi connectivity index (χ0v) is 19.6. The second kappa shape index (κ2) is 10.6. The summed E-state index contributed by atoms with van der Waals surface area (Å²) in [5.74, 6) is -1.27. The van der Waals surface area contributed by atoms with Crippen molar-refractivity contribution in [2.24, 2.45) is 0 Å². The Morgan fingerprint density at radius 2 is 1.59 bits per heavy atom. The molecule has 2 aromatic rings. The van der Waals surface area contributed by atoms with Crippen LogP contribution >= 0.6 is 0 Å². The molecular formula is C27H34N2O3. The van der Waals surface area contributed by atoms with E-state index in [4.69, 9.17) is 0 Å². The molecule has 1 atom stereocenters. The maximum atomic E-state index is 13.1. The van der Waals surface area contributed by atoms with Crippen LogP contribution in [0.25, 0.3) is 5.76 Å². The molecule has 5 nitrogen and oxygen atoms in total. The predicted molar refractivity (Wildman–Crippen MR) is 128 cm³/mol. The number of ketones is 1. The average Bonchev–Trinajstić information content (AvgIpc) is 3.07. The van der Waals surface area contributed by atoms with Gasteiger partial charge in [0.1, 0.15) is 5.76 Å². The van der Waals surface area contributed by atoms with Gasteiger partial charge in [-0.2, -0.15) is 0 Å². The largest absolute Gasteiger partial charge is 0.507 e. The number of Topliss-reactive ketones (excluding diaryl/α,β-unsaturated/α-hetero) is 1. The SMILES string of the molecule is CCc1ccc(C2/C(=C(\O)c3ccc(C)cc3)C(=O)C(=O)N2CCCN(CC)CC)cc1. The van der Waals surface area contributed by atoms with Crippen LogP contribution in [0.3, 0.4) is 0 Å². The summed E-state index contributed by atoms with van der Waals surface area (Å²) in [6.07, 6.45) is 1.68. The van der Waals surface area contributed by atoms with Gasteiger partial charge < -0.3 is 14.9 Å². The lowest BCUT2D eigenvalue weighted by atomic mass is 9.94. The summed E-state index contributed by atoms with van der Waals surface area (Å²) in [4.78, 5) is 30.1. The van der Waals surface area contributed by atoms with Crippen LogP contribution in [0.4, 0.5) is 0 Å². The predicted octanol–water partition coefficient (Wildman–Crippen LogP) is 4.71. The molecule has 1 aliphatic rings. The molecule has 1 fully saturated rings. The van der Waals surface area contributed by atoms with E-state index < -0.39 is 17.7 Å². The number of benzene rings is 2. The van der Waals surface area contributed by atoms with Crippen LogP contribution in [0.2, 0.25) is 0 Å². The van der Waals surface area contributed by atoms with E-state index in [2.05, 4.69) is 25.7 Å². The van der Waals surface area contributed by atoms with E-state index in [-0.39, 0.29) is 11.3 Å². The summed E-state index contributed by atoms with van der Waals surface area (Å²) in [6.45, 7) is 11.5. The van der Waals surface area contributed by atoms with Crippen LogP contribution in [0.1, 0.15) is 55.5 Å². The van der Waals surface area contributed by atoms with Gasteiger partial charge in [0.15, 0.2) is 0 Å². The van der Waals surface area contributed by atoms with Crippen molar-refractivity contribution in [3.63, 3.8) is 0 Å². The second-order valence-electron chi connectivity index (χ2n) is 8.33. The molecule has 2 aromatic carbocycles. The van der Waals surface area contributed by atoms with Crippen molar-refractivity contribution >= 4 is 17.4 Å². The van der Waals surface area contributed by atoms with Gasteiger partial charge in [-0.05, 0) is 50.5 Å². The number of aliphatic hydroxyl groups is 1. The lowest BCUT2D eigenvalue weighted by molar-refractivity contribution is -0.140. The number of amides is 1. The first-order valence-corrected chi connectivity index (χ1v) is 11.6. The van der Waals surface area contributed by atoms with Crippen molar-refractivity contribution in [2.45, 2.75) is 46.6 Å². The van der Waals surface area contributed by atoms with Crippen molar-refractivity contribution in [2.75, 3.05) is 26.2 Å². The van der Waals surface area contributed by atoms with Crippen LogP contribution in [-0.4, -0.2) is 52.8 Å². The molecule has 0 bridgehead atoms. The van der Waals surface area contributed by atoms with Crippen molar-refractivity contribution in [1.29, 1.82) is 0 Å². The van der Waals surface area contributed by atoms with Crippen molar-refractivity contribution in [3.05, 3.63) is 76.4 Å². The molecule has 1 aliphatic heterocycles. The summed E-state index contributed by atoms with van der Waals surface area (Å²) in [5, 5.41) is 11.1. The zero-order valence-electron chi connectivity index (χ0n) is 19.6. The highest BCUT2D eigenvalue weighted by molar-refractivity contribution is 6.46. The Morgan fingerprint density at radius 3 is 2.16 bits per heavy atom. The van der Waals surface area contributed by atoms with Gasteiger partial charge in [-0.25, -0.2) is 0 Å². The topological polar surface area (TPSA) is 60.9 Å².